The molecule has 2 rings (SSSR count). The lowest BCUT2D eigenvalue weighted by atomic mass is 10.1. The fourth-order valence-corrected chi connectivity index (χ4v) is 2.90. The van der Waals surface area contributed by atoms with Crippen molar-refractivity contribution in [3.8, 4) is 0 Å². The van der Waals surface area contributed by atoms with Gasteiger partial charge in [-0.2, -0.15) is 0 Å². The lowest BCUT2D eigenvalue weighted by molar-refractivity contribution is -0.127. The molecule has 2 unspecified atom stereocenters. The van der Waals surface area contributed by atoms with Crippen LogP contribution in [-0.2, 0) is 26.0 Å². The number of primary sulfonamides is 1. The maximum Gasteiger partial charge on any atom is 0.238 e. The monoisotopic (exact) mass is 351 g/mol. The molecule has 1 aliphatic rings. The molecule has 2 atom stereocenters. The highest BCUT2D eigenvalue weighted by Gasteiger charge is 2.47. The molecule has 1 saturated carbocycles. The zero-order valence-corrected chi connectivity index (χ0v) is 14.0. The Morgan fingerprint density at radius 1 is 1.17 bits per heavy atom. The maximum absolute atomic E-state index is 12.0. The summed E-state index contributed by atoms with van der Waals surface area (Å²) in [7, 11) is -3.69. The first kappa shape index (κ1) is 18.2. The van der Waals surface area contributed by atoms with Gasteiger partial charge in [-0.05, 0) is 30.5 Å². The molecule has 0 radical (unpaired) electrons. The second-order valence-electron chi connectivity index (χ2n) is 5.71. The second-order valence-corrected chi connectivity index (χ2v) is 7.27. The van der Waals surface area contributed by atoms with Crippen LogP contribution in [0.3, 0.4) is 0 Å². The van der Waals surface area contributed by atoms with E-state index < -0.39 is 10.0 Å². The standard InChI is InChI=1S/C16H21N3O4S/c1-2-8-18-15(20)13-10-14(13)16(21)19-9-7-11-3-5-12(6-4-11)24(17,22)23/h2-6,13-14H,1,7-10H2,(H,18,20)(H,19,21)(H2,17,22,23). The van der Waals surface area contributed by atoms with Crippen LogP contribution in [0.2, 0.25) is 0 Å². The van der Waals surface area contributed by atoms with E-state index >= 15 is 0 Å². The molecule has 4 N–H and O–H groups in total. The van der Waals surface area contributed by atoms with Crippen LogP contribution < -0.4 is 15.8 Å². The summed E-state index contributed by atoms with van der Waals surface area (Å²) in [4.78, 5) is 23.7. The van der Waals surface area contributed by atoms with E-state index in [1.54, 1.807) is 18.2 Å². The SMILES string of the molecule is C=CCNC(=O)C1CC1C(=O)NCCc1ccc(S(N)(=O)=O)cc1. The Bertz CT molecular complexity index is 728. The smallest absolute Gasteiger partial charge is 0.238 e. The number of benzene rings is 1. The molecule has 0 spiro atoms. The topological polar surface area (TPSA) is 118 Å². The molecule has 0 bridgehead atoms. The van der Waals surface area contributed by atoms with Crippen molar-refractivity contribution in [2.75, 3.05) is 13.1 Å². The van der Waals surface area contributed by atoms with E-state index in [0.29, 0.717) is 25.9 Å². The fourth-order valence-electron chi connectivity index (χ4n) is 2.39. The average molecular weight is 351 g/mol. The van der Waals surface area contributed by atoms with Crippen molar-refractivity contribution in [1.29, 1.82) is 0 Å². The Morgan fingerprint density at radius 2 is 1.75 bits per heavy atom. The quantitative estimate of drug-likeness (QED) is 0.568. The highest BCUT2D eigenvalue weighted by Crippen LogP contribution is 2.38. The summed E-state index contributed by atoms with van der Waals surface area (Å²) in [6, 6.07) is 6.20. The van der Waals surface area contributed by atoms with Crippen molar-refractivity contribution in [1.82, 2.24) is 10.6 Å². The predicted octanol–water partition coefficient (Wildman–Crippen LogP) is -0.0690. The van der Waals surface area contributed by atoms with Gasteiger partial charge < -0.3 is 10.6 Å². The molecule has 1 aromatic carbocycles. The molecule has 0 aliphatic heterocycles. The lowest BCUT2D eigenvalue weighted by Crippen LogP contribution is -2.31. The number of nitrogens with two attached hydrogens (primary N) is 1. The third kappa shape index (κ3) is 4.90. The summed E-state index contributed by atoms with van der Waals surface area (Å²) in [6.07, 6.45) is 2.73. The van der Waals surface area contributed by atoms with Crippen LogP contribution in [-0.4, -0.2) is 33.3 Å². The van der Waals surface area contributed by atoms with Crippen molar-refractivity contribution in [3.63, 3.8) is 0 Å². The number of sulfonamides is 1. The minimum atomic E-state index is -3.69. The van der Waals surface area contributed by atoms with Gasteiger partial charge in [-0.25, -0.2) is 13.6 Å². The van der Waals surface area contributed by atoms with Gasteiger partial charge in [0.1, 0.15) is 0 Å². The van der Waals surface area contributed by atoms with Crippen LogP contribution in [0.5, 0.6) is 0 Å². The highest BCUT2D eigenvalue weighted by atomic mass is 32.2. The summed E-state index contributed by atoms with van der Waals surface area (Å²) in [5, 5.41) is 10.5. The molecular weight excluding hydrogens is 330 g/mol. The third-order valence-electron chi connectivity index (χ3n) is 3.85. The summed E-state index contributed by atoms with van der Waals surface area (Å²) < 4.78 is 22.3. The Morgan fingerprint density at radius 3 is 2.29 bits per heavy atom. The lowest BCUT2D eigenvalue weighted by Gasteiger charge is -2.06. The molecule has 8 heteroatoms. The average Bonchev–Trinajstić information content (AvgIpc) is 3.33. The Balaban J connectivity index is 1.74. The summed E-state index contributed by atoms with van der Waals surface area (Å²) in [5.41, 5.74) is 0.888. The fraction of sp³-hybridized carbons (Fsp3) is 0.375. The van der Waals surface area contributed by atoms with Crippen LogP contribution in [0.4, 0.5) is 0 Å². The normalized spacial score (nSPS) is 19.4. The molecule has 24 heavy (non-hydrogen) atoms. The summed E-state index contributed by atoms with van der Waals surface area (Å²) >= 11 is 0. The van der Waals surface area contributed by atoms with Gasteiger partial charge in [0.25, 0.3) is 0 Å². The van der Waals surface area contributed by atoms with Crippen molar-refractivity contribution < 1.29 is 18.0 Å². The number of nitrogens with one attached hydrogen (secondary N) is 2. The molecule has 0 saturated heterocycles. The zero-order valence-electron chi connectivity index (χ0n) is 13.2. The van der Waals surface area contributed by atoms with Crippen LogP contribution >= 0.6 is 0 Å². The van der Waals surface area contributed by atoms with E-state index in [4.69, 9.17) is 5.14 Å². The number of rotatable bonds is 8. The number of hydrogen-bond acceptors (Lipinski definition) is 4. The molecule has 1 aliphatic carbocycles. The van der Waals surface area contributed by atoms with Crippen LogP contribution in [0.25, 0.3) is 0 Å². The molecule has 7 nitrogen and oxygen atoms in total. The summed E-state index contributed by atoms with van der Waals surface area (Å²) in [6.45, 7) is 4.34. The maximum atomic E-state index is 12.0. The molecule has 0 aromatic heterocycles. The van der Waals surface area contributed by atoms with Crippen molar-refractivity contribution >= 4 is 21.8 Å². The minimum absolute atomic E-state index is 0.0571. The van der Waals surface area contributed by atoms with Crippen LogP contribution in [0.1, 0.15) is 12.0 Å². The van der Waals surface area contributed by atoms with Crippen molar-refractivity contribution in [3.05, 3.63) is 42.5 Å². The van der Waals surface area contributed by atoms with Crippen LogP contribution in [0.15, 0.2) is 41.8 Å². The van der Waals surface area contributed by atoms with Gasteiger partial charge in [-0.15, -0.1) is 6.58 Å². The molecule has 0 heterocycles. The number of hydrogen-bond donors (Lipinski definition) is 3. The van der Waals surface area contributed by atoms with E-state index in [1.807, 2.05) is 0 Å². The predicted molar refractivity (Wildman–Crippen MR) is 89.3 cm³/mol. The largest absolute Gasteiger partial charge is 0.356 e. The van der Waals surface area contributed by atoms with Crippen LogP contribution in [0, 0.1) is 11.8 Å². The molecule has 1 aromatic rings. The number of carbonyl (C=O) groups excluding carboxylic acids is 2. The third-order valence-corrected chi connectivity index (χ3v) is 4.78. The summed E-state index contributed by atoms with van der Waals surface area (Å²) in [5.74, 6) is -0.762. The van der Waals surface area contributed by atoms with Gasteiger partial charge in [0.2, 0.25) is 21.8 Å². The minimum Gasteiger partial charge on any atom is -0.356 e. The van der Waals surface area contributed by atoms with Gasteiger partial charge in [-0.1, -0.05) is 18.2 Å². The first-order chi connectivity index (χ1) is 11.3. The van der Waals surface area contributed by atoms with Gasteiger partial charge in [-0.3, -0.25) is 9.59 Å². The van der Waals surface area contributed by atoms with Crippen molar-refractivity contribution in [2.45, 2.75) is 17.7 Å². The van der Waals surface area contributed by atoms with Gasteiger partial charge in [0, 0.05) is 13.1 Å². The van der Waals surface area contributed by atoms with Crippen molar-refractivity contribution in [2.24, 2.45) is 17.0 Å². The van der Waals surface area contributed by atoms with Gasteiger partial charge >= 0.3 is 0 Å². The van der Waals surface area contributed by atoms with E-state index in [2.05, 4.69) is 17.2 Å². The van der Waals surface area contributed by atoms with E-state index in [-0.39, 0.29) is 28.5 Å². The number of amides is 2. The van der Waals surface area contributed by atoms with E-state index in [1.165, 1.54) is 12.1 Å². The highest BCUT2D eigenvalue weighted by molar-refractivity contribution is 7.89. The van der Waals surface area contributed by atoms with Gasteiger partial charge in [0.05, 0.1) is 16.7 Å². The first-order valence-corrected chi connectivity index (χ1v) is 9.15. The molecule has 1 fully saturated rings. The Labute approximate surface area is 141 Å². The molecule has 2 amide bonds. The molecule has 130 valence electrons. The Hall–Kier alpha value is -2.19. The number of carbonyl (C=O) groups is 2. The van der Waals surface area contributed by atoms with Gasteiger partial charge in [0.15, 0.2) is 0 Å². The first-order valence-electron chi connectivity index (χ1n) is 7.61. The molecular formula is C16H21N3O4S. The Kier molecular flexibility index (Phi) is 5.74. The zero-order chi connectivity index (χ0) is 17.7. The van der Waals surface area contributed by atoms with E-state index in [0.717, 1.165) is 5.56 Å². The van der Waals surface area contributed by atoms with E-state index in [9.17, 15) is 18.0 Å². The second kappa shape index (κ2) is 7.59.